The summed E-state index contributed by atoms with van der Waals surface area (Å²) in [6, 6.07) is 0. The topological polar surface area (TPSA) is 29.5 Å². The Balaban J connectivity index is 4.51. The molecule has 2 nitrogen and oxygen atoms in total. The maximum atomic E-state index is 9.80. The predicted molar refractivity (Wildman–Crippen MR) is 106 cm³/mol. The molecule has 1 N–H and O–H groups in total. The van der Waals surface area contributed by atoms with Crippen molar-refractivity contribution in [3.8, 4) is 0 Å². The molecule has 0 spiro atoms. The van der Waals surface area contributed by atoms with Gasteiger partial charge in [-0.25, -0.2) is 0 Å². The average molecular weight is 433 g/mol. The van der Waals surface area contributed by atoms with Crippen LogP contribution in [0.3, 0.4) is 0 Å². The number of hydrogen-bond acceptors (Lipinski definition) is 2. The van der Waals surface area contributed by atoms with E-state index in [2.05, 4.69) is 20.8 Å². The van der Waals surface area contributed by atoms with E-state index in [1.165, 1.54) is 51.8 Å². The summed E-state index contributed by atoms with van der Waals surface area (Å²) in [5.74, 6) is 0.281. The third-order valence-corrected chi connectivity index (χ3v) is 19.3. The Labute approximate surface area is 150 Å². The molecule has 0 aliphatic carbocycles. The molecule has 0 radical (unpaired) electrons. The summed E-state index contributed by atoms with van der Waals surface area (Å²) in [7, 11) is 0. The quantitative estimate of drug-likeness (QED) is 0.196. The molecule has 0 bridgehead atoms. The van der Waals surface area contributed by atoms with Gasteiger partial charge in [0.2, 0.25) is 0 Å². The molecule has 0 amide bonds. The minimum atomic E-state index is -2.12. The summed E-state index contributed by atoms with van der Waals surface area (Å²) in [6.45, 7) is 11.7. The Morgan fingerprint density at radius 2 is 1.39 bits per heavy atom. The first-order valence-electron chi connectivity index (χ1n) is 9.93. The molecule has 0 aromatic rings. The first kappa shape index (κ1) is 23.5. The molecule has 0 saturated carbocycles. The van der Waals surface area contributed by atoms with Crippen molar-refractivity contribution in [2.75, 3.05) is 11.2 Å². The van der Waals surface area contributed by atoms with Gasteiger partial charge >= 0.3 is 150 Å². The van der Waals surface area contributed by atoms with Crippen LogP contribution in [0.5, 0.6) is 0 Å². The van der Waals surface area contributed by atoms with Crippen LogP contribution in [0.2, 0.25) is 13.3 Å². The van der Waals surface area contributed by atoms with Crippen LogP contribution in [-0.2, 0) is 4.74 Å². The zero-order chi connectivity index (χ0) is 17.6. The van der Waals surface area contributed by atoms with Crippen LogP contribution in [-0.4, -0.2) is 40.8 Å². The van der Waals surface area contributed by atoms with Crippen molar-refractivity contribution < 1.29 is 9.84 Å². The van der Waals surface area contributed by atoms with Gasteiger partial charge in [-0.1, -0.05) is 0 Å². The van der Waals surface area contributed by atoms with Gasteiger partial charge in [-0.2, -0.15) is 0 Å². The second-order valence-corrected chi connectivity index (χ2v) is 21.2. The Kier molecular flexibility index (Phi) is 15.1. The van der Waals surface area contributed by atoms with E-state index in [9.17, 15) is 5.11 Å². The van der Waals surface area contributed by atoms with Gasteiger partial charge in [-0.15, -0.1) is 0 Å². The van der Waals surface area contributed by atoms with E-state index in [0.717, 1.165) is 4.62 Å². The van der Waals surface area contributed by atoms with Crippen molar-refractivity contribution in [3.63, 3.8) is 0 Å². The van der Waals surface area contributed by atoms with Gasteiger partial charge in [0, 0.05) is 0 Å². The molecule has 0 saturated heterocycles. The van der Waals surface area contributed by atoms with E-state index in [-0.39, 0.29) is 12.0 Å². The SMILES string of the molecule is CCC[CH2][Sn]([CH2]CCC)([CH2]CCC)[CH2]OC/C=C\C(O)C(C)C. The normalized spacial score (nSPS) is 14.0. The second-order valence-electron chi connectivity index (χ2n) is 7.49. The fourth-order valence-electron chi connectivity index (χ4n) is 3.01. The summed E-state index contributed by atoms with van der Waals surface area (Å²) in [5.41, 5.74) is 0. The summed E-state index contributed by atoms with van der Waals surface area (Å²) in [6.07, 6.45) is 11.7. The minimum absolute atomic E-state index is 0.281. The summed E-state index contributed by atoms with van der Waals surface area (Å²) >= 11 is -2.12. The first-order valence-corrected chi connectivity index (χ1v) is 18.0. The Morgan fingerprint density at radius 1 is 0.913 bits per heavy atom. The van der Waals surface area contributed by atoms with E-state index >= 15 is 0 Å². The van der Waals surface area contributed by atoms with Crippen molar-refractivity contribution in [1.29, 1.82) is 0 Å². The fourth-order valence-corrected chi connectivity index (χ4v) is 17.4. The zero-order valence-electron chi connectivity index (χ0n) is 16.4. The van der Waals surface area contributed by atoms with Crippen LogP contribution in [0.15, 0.2) is 12.2 Å². The maximum absolute atomic E-state index is 9.80. The van der Waals surface area contributed by atoms with E-state index in [1.807, 2.05) is 26.0 Å². The van der Waals surface area contributed by atoms with E-state index in [0.29, 0.717) is 6.61 Å². The van der Waals surface area contributed by atoms with E-state index in [1.54, 1.807) is 0 Å². The number of aliphatic hydroxyl groups excluding tert-OH is 1. The molecule has 0 fully saturated rings. The molecule has 0 rings (SSSR count). The van der Waals surface area contributed by atoms with Gasteiger partial charge in [-0.05, 0) is 0 Å². The van der Waals surface area contributed by atoms with Crippen molar-refractivity contribution >= 4 is 18.4 Å². The Hall–Kier alpha value is 0.459. The number of aliphatic hydroxyl groups is 1. The Morgan fingerprint density at radius 3 is 1.78 bits per heavy atom. The third-order valence-electron chi connectivity index (χ3n) is 4.82. The number of rotatable bonds is 15. The summed E-state index contributed by atoms with van der Waals surface area (Å²) in [4.78, 5) is 0. The van der Waals surface area contributed by atoms with Crippen LogP contribution in [0.1, 0.15) is 73.1 Å². The monoisotopic (exact) mass is 434 g/mol. The van der Waals surface area contributed by atoms with Gasteiger partial charge < -0.3 is 0 Å². The molecule has 0 aromatic heterocycles. The average Bonchev–Trinajstić information content (AvgIpc) is 2.55. The van der Waals surface area contributed by atoms with Gasteiger partial charge in [0.15, 0.2) is 0 Å². The van der Waals surface area contributed by atoms with Crippen LogP contribution in [0, 0.1) is 5.92 Å². The molecule has 23 heavy (non-hydrogen) atoms. The van der Waals surface area contributed by atoms with Crippen LogP contribution < -0.4 is 0 Å². The number of unbranched alkanes of at least 4 members (excludes halogenated alkanes) is 3. The number of ether oxygens (including phenoxy) is 1. The second kappa shape index (κ2) is 14.8. The molecular weight excluding hydrogens is 391 g/mol. The standard InChI is InChI=1S/C8H15O2.3C4H9.Sn/c1-7(2)8(9)5-4-6-10-3;3*1-3-4-2;/h4-5,7-9H,3,6H2,1-2H3;3*1,3-4H2,2H3;/b5-4-;;;;. The Bertz CT molecular complexity index is 268. The van der Waals surface area contributed by atoms with Gasteiger partial charge in [0.1, 0.15) is 0 Å². The van der Waals surface area contributed by atoms with Crippen molar-refractivity contribution in [2.24, 2.45) is 5.92 Å². The molecule has 0 heterocycles. The molecular formula is C20H42O2Sn. The molecule has 138 valence electrons. The van der Waals surface area contributed by atoms with E-state index in [4.69, 9.17) is 4.74 Å². The van der Waals surface area contributed by atoms with Gasteiger partial charge in [-0.3, -0.25) is 0 Å². The third kappa shape index (κ3) is 11.6. The molecule has 0 aliphatic rings. The number of hydrogen-bond donors (Lipinski definition) is 1. The van der Waals surface area contributed by atoms with Crippen molar-refractivity contribution in [2.45, 2.75) is 92.6 Å². The first-order chi connectivity index (χ1) is 11.0. The van der Waals surface area contributed by atoms with Gasteiger partial charge in [0.25, 0.3) is 0 Å². The van der Waals surface area contributed by atoms with Crippen LogP contribution >= 0.6 is 0 Å². The fraction of sp³-hybridized carbons (Fsp3) is 0.900. The summed E-state index contributed by atoms with van der Waals surface area (Å²) < 4.78 is 11.7. The van der Waals surface area contributed by atoms with E-state index < -0.39 is 18.4 Å². The summed E-state index contributed by atoms with van der Waals surface area (Å²) in [5, 5.41) is 9.80. The predicted octanol–water partition coefficient (Wildman–Crippen LogP) is 5.96. The molecule has 0 aliphatic heterocycles. The van der Waals surface area contributed by atoms with Crippen LogP contribution in [0.4, 0.5) is 0 Å². The van der Waals surface area contributed by atoms with Crippen molar-refractivity contribution in [1.82, 2.24) is 0 Å². The molecule has 0 aromatic carbocycles. The zero-order valence-corrected chi connectivity index (χ0v) is 19.3. The molecule has 1 unspecified atom stereocenters. The van der Waals surface area contributed by atoms with Crippen molar-refractivity contribution in [3.05, 3.63) is 12.2 Å². The van der Waals surface area contributed by atoms with Gasteiger partial charge in [0.05, 0.1) is 0 Å². The van der Waals surface area contributed by atoms with Crippen LogP contribution in [0.25, 0.3) is 0 Å². The molecule has 3 heteroatoms. The molecule has 1 atom stereocenters.